The summed E-state index contributed by atoms with van der Waals surface area (Å²) in [4.78, 5) is 4.40. The lowest BCUT2D eigenvalue weighted by atomic mass is 10.2. The molecule has 0 saturated carbocycles. The number of nitrogens with one attached hydrogen (secondary N) is 1. The van der Waals surface area contributed by atoms with Crippen molar-refractivity contribution >= 4 is 5.71 Å². The normalized spacial score (nSPS) is 18.3. The second kappa shape index (κ2) is 3.13. The molecule has 1 aromatic heterocycles. The highest BCUT2D eigenvalue weighted by Crippen LogP contribution is 2.25. The van der Waals surface area contributed by atoms with Crippen LogP contribution in [0.2, 0.25) is 0 Å². The van der Waals surface area contributed by atoms with Gasteiger partial charge >= 0.3 is 0 Å². The average molecular weight is 221 g/mol. The van der Waals surface area contributed by atoms with E-state index < -0.39 is 0 Å². The van der Waals surface area contributed by atoms with Gasteiger partial charge in [-0.1, -0.05) is 0 Å². The first-order chi connectivity index (χ1) is 7.86. The van der Waals surface area contributed by atoms with Crippen LogP contribution in [0.4, 0.5) is 0 Å². The van der Waals surface area contributed by atoms with Gasteiger partial charge in [0.15, 0.2) is 5.71 Å². The highest BCUT2D eigenvalue weighted by molar-refractivity contribution is 6.10. The first-order valence-electron chi connectivity index (χ1n) is 3.89. The zero-order chi connectivity index (χ0) is 11.0. The number of aromatic amines is 1. The van der Waals surface area contributed by atoms with Crippen molar-refractivity contribution in [3.63, 3.8) is 0 Å². The first-order valence-corrected chi connectivity index (χ1v) is 3.89. The second-order valence-corrected chi connectivity index (χ2v) is 2.57. The van der Waals surface area contributed by atoms with Crippen LogP contribution < -0.4 is 0 Å². The molecule has 0 fully saturated rings. The number of aromatic nitrogens is 4. The minimum absolute atomic E-state index is 0.0314. The summed E-state index contributed by atoms with van der Waals surface area (Å²) in [5.41, 5.74) is -0.0232. The molecule has 12 heteroatoms. The number of nitrogens with zero attached hydrogens (tertiary/aromatic N) is 9. The standard InChI is InChI=1S/C4HN10O2/c15-14-2(4-7-12-13-8-4)1(9-16-14)3-5-10-11-6-3/h(H,5,6,10,11)/q-1. The van der Waals surface area contributed by atoms with E-state index in [0.717, 1.165) is 0 Å². The van der Waals surface area contributed by atoms with Crippen molar-refractivity contribution in [1.82, 2.24) is 25.9 Å². The summed E-state index contributed by atoms with van der Waals surface area (Å²) in [7, 11) is 0. The molecule has 0 spiro atoms. The molecular formula is C4HN10O2-. The van der Waals surface area contributed by atoms with Gasteiger partial charge in [-0.2, -0.15) is 5.21 Å². The molecule has 0 saturated heterocycles. The number of H-pyrrole nitrogens is 1. The van der Waals surface area contributed by atoms with Gasteiger partial charge in [0.25, 0.3) is 0 Å². The maximum Gasteiger partial charge on any atom is 0.228 e. The Morgan fingerprint density at radius 2 is 2.06 bits per heavy atom. The molecule has 0 aromatic carbocycles. The molecule has 0 radical (unpaired) electrons. The Balaban J connectivity index is 2.10. The van der Waals surface area contributed by atoms with Gasteiger partial charge in [-0.25, -0.2) is 5.23 Å². The quantitative estimate of drug-likeness (QED) is 0.683. The van der Waals surface area contributed by atoms with Crippen LogP contribution in [0, 0.1) is 5.21 Å². The van der Waals surface area contributed by atoms with Gasteiger partial charge in [0.2, 0.25) is 11.6 Å². The lowest BCUT2D eigenvalue weighted by Crippen LogP contribution is -2.16. The maximum absolute atomic E-state index is 11.3. The van der Waals surface area contributed by atoms with Gasteiger partial charge in [-0.3, -0.25) is 4.94 Å². The minimum atomic E-state index is -0.0774. The van der Waals surface area contributed by atoms with Gasteiger partial charge < -0.3 is 5.21 Å². The van der Waals surface area contributed by atoms with Gasteiger partial charge in [0.1, 0.15) is 5.70 Å². The summed E-state index contributed by atoms with van der Waals surface area (Å²) < 4.78 is 0. The largest absolute Gasteiger partial charge is 0.722 e. The van der Waals surface area contributed by atoms with Gasteiger partial charge in [-0.15, -0.1) is 20.4 Å². The molecule has 2 aliphatic heterocycles. The summed E-state index contributed by atoms with van der Waals surface area (Å²) in [6, 6.07) is 0. The Bertz CT molecular complexity index is 511. The highest BCUT2D eigenvalue weighted by atomic mass is 17.0. The van der Waals surface area contributed by atoms with Crippen molar-refractivity contribution in [3.8, 4) is 0 Å². The molecule has 3 rings (SSSR count). The fourth-order valence-electron chi connectivity index (χ4n) is 1.08. The Hall–Kier alpha value is -2.76. The average Bonchev–Trinajstić information content (AvgIpc) is 2.96. The minimum Gasteiger partial charge on any atom is -0.722 e. The SMILES string of the molecule is [O-]N1ON=C(c2nn[nH]n2)C1=C1N=NN=N1. The molecule has 0 aliphatic carbocycles. The molecule has 1 N–H and O–H groups in total. The van der Waals surface area contributed by atoms with Crippen LogP contribution in [0.3, 0.4) is 0 Å². The van der Waals surface area contributed by atoms with Crippen molar-refractivity contribution in [2.45, 2.75) is 0 Å². The maximum atomic E-state index is 11.3. The zero-order valence-corrected chi connectivity index (χ0v) is 7.34. The third-order valence-electron chi connectivity index (χ3n) is 1.70. The third kappa shape index (κ3) is 1.13. The smallest absolute Gasteiger partial charge is 0.228 e. The first kappa shape index (κ1) is 8.54. The third-order valence-corrected chi connectivity index (χ3v) is 1.70. The van der Waals surface area contributed by atoms with Crippen molar-refractivity contribution in [2.24, 2.45) is 25.8 Å². The van der Waals surface area contributed by atoms with Gasteiger partial charge in [0, 0.05) is 0 Å². The van der Waals surface area contributed by atoms with Crippen LogP contribution in [0.15, 0.2) is 37.3 Å². The Kier molecular flexibility index (Phi) is 1.67. The molecule has 12 nitrogen and oxygen atoms in total. The number of hydrogen-bond acceptors (Lipinski definition) is 11. The molecule has 1 aromatic rings. The number of allylic oxidation sites excluding steroid dienone is 1. The number of oxime groups is 1. The molecule has 80 valence electrons. The van der Waals surface area contributed by atoms with Crippen LogP contribution in [0.1, 0.15) is 5.82 Å². The van der Waals surface area contributed by atoms with E-state index in [-0.39, 0.29) is 28.3 Å². The van der Waals surface area contributed by atoms with Crippen LogP contribution >= 0.6 is 0 Å². The van der Waals surface area contributed by atoms with E-state index >= 15 is 0 Å². The van der Waals surface area contributed by atoms with Crippen LogP contribution in [0.25, 0.3) is 0 Å². The van der Waals surface area contributed by atoms with Gasteiger partial charge in [-0.05, 0) is 20.8 Å². The van der Waals surface area contributed by atoms with Crippen molar-refractivity contribution < 1.29 is 4.94 Å². The summed E-state index contributed by atoms with van der Waals surface area (Å²) in [5.74, 6) is 0.0502. The second-order valence-electron chi connectivity index (χ2n) is 2.57. The van der Waals surface area contributed by atoms with E-state index in [4.69, 9.17) is 0 Å². The van der Waals surface area contributed by atoms with E-state index in [0.29, 0.717) is 0 Å². The molecule has 2 aliphatic rings. The topological polar surface area (TPSA) is 152 Å². The predicted molar refractivity (Wildman–Crippen MR) is 43.7 cm³/mol. The van der Waals surface area contributed by atoms with E-state index in [2.05, 4.69) is 51.4 Å². The molecule has 0 unspecified atom stereocenters. The summed E-state index contributed by atoms with van der Waals surface area (Å²) in [5, 5.41) is 41.2. The lowest BCUT2D eigenvalue weighted by molar-refractivity contribution is -0.0702. The van der Waals surface area contributed by atoms with E-state index in [1.807, 2.05) is 0 Å². The van der Waals surface area contributed by atoms with E-state index in [1.54, 1.807) is 0 Å². The van der Waals surface area contributed by atoms with Gasteiger partial charge in [0.05, 0.1) is 0 Å². The molecule has 3 heterocycles. The number of tetrazole rings is 1. The summed E-state index contributed by atoms with van der Waals surface area (Å²) in [6.07, 6.45) is 0. The van der Waals surface area contributed by atoms with Crippen molar-refractivity contribution in [2.75, 3.05) is 0 Å². The fraction of sp³-hybridized carbons (Fsp3) is 0. The molecule has 0 bridgehead atoms. The zero-order valence-electron chi connectivity index (χ0n) is 7.34. The lowest BCUT2D eigenvalue weighted by Gasteiger charge is -2.19. The van der Waals surface area contributed by atoms with Crippen LogP contribution in [-0.4, -0.2) is 31.6 Å². The fourth-order valence-corrected chi connectivity index (χ4v) is 1.08. The Morgan fingerprint density at radius 3 is 2.75 bits per heavy atom. The summed E-state index contributed by atoms with van der Waals surface area (Å²) >= 11 is 0. The predicted octanol–water partition coefficient (Wildman–Crippen LogP) is -0.349. The number of hydrogen-bond donors (Lipinski definition) is 1. The molecule has 16 heavy (non-hydrogen) atoms. The van der Waals surface area contributed by atoms with Crippen molar-refractivity contribution in [1.29, 1.82) is 0 Å². The molecule has 0 atom stereocenters. The Morgan fingerprint density at radius 1 is 1.25 bits per heavy atom. The van der Waals surface area contributed by atoms with Crippen LogP contribution in [0.5, 0.6) is 0 Å². The van der Waals surface area contributed by atoms with Crippen LogP contribution in [-0.2, 0) is 4.94 Å². The monoisotopic (exact) mass is 221 g/mol. The van der Waals surface area contributed by atoms with Crippen molar-refractivity contribution in [3.05, 3.63) is 22.5 Å². The van der Waals surface area contributed by atoms with E-state index in [1.165, 1.54) is 0 Å². The highest BCUT2D eigenvalue weighted by Gasteiger charge is 2.29. The Labute approximate surface area is 85.9 Å². The molecule has 0 amide bonds. The molecular weight excluding hydrogens is 220 g/mol. The van der Waals surface area contributed by atoms with E-state index in [9.17, 15) is 5.21 Å². The number of rotatable bonds is 1. The number of hydroxylamine groups is 2. The summed E-state index contributed by atoms with van der Waals surface area (Å²) in [6.45, 7) is 0.